The van der Waals surface area contributed by atoms with Gasteiger partial charge < -0.3 is 20.5 Å². The van der Waals surface area contributed by atoms with E-state index in [9.17, 15) is 14.7 Å². The number of carbonyl (C=O) groups is 2. The third-order valence-corrected chi connectivity index (χ3v) is 7.67. The zero-order valence-corrected chi connectivity index (χ0v) is 20.0. The first-order valence-corrected chi connectivity index (χ1v) is 12.0. The fourth-order valence-electron chi connectivity index (χ4n) is 4.99. The molecule has 4 aliphatic heterocycles. The molecule has 3 fully saturated rings. The van der Waals surface area contributed by atoms with Crippen molar-refractivity contribution in [2.24, 2.45) is 0 Å². The molecule has 9 heteroatoms. The zero-order chi connectivity index (χ0) is 23.2. The van der Waals surface area contributed by atoms with E-state index in [0.717, 1.165) is 33.3 Å². The Bertz CT molecular complexity index is 1090. The maximum Gasteiger partial charge on any atom is 0.326 e. The van der Waals surface area contributed by atoms with E-state index >= 15 is 0 Å². The summed E-state index contributed by atoms with van der Waals surface area (Å²) in [5, 5.41) is 16.0. The number of hydrogen-bond donors (Lipinski definition) is 3. The number of hydrogen-bond acceptors (Lipinski definition) is 5. The maximum absolute atomic E-state index is 13.4. The summed E-state index contributed by atoms with van der Waals surface area (Å²) in [4.78, 5) is 29.2. The summed E-state index contributed by atoms with van der Waals surface area (Å²) >= 11 is 3.47. The fraction of sp³-hybridized carbons (Fsp3) is 0.417. The Hall–Kier alpha value is -2.62. The van der Waals surface area contributed by atoms with Gasteiger partial charge in [-0.1, -0.05) is 46.3 Å². The molecule has 0 aromatic heterocycles. The molecule has 2 amide bonds. The Balaban J connectivity index is 1.33. The van der Waals surface area contributed by atoms with Gasteiger partial charge in [0.1, 0.15) is 6.04 Å². The molecule has 0 saturated carbocycles. The van der Waals surface area contributed by atoms with Crippen LogP contribution in [0.15, 0.2) is 46.9 Å². The number of anilines is 1. The summed E-state index contributed by atoms with van der Waals surface area (Å²) in [6, 6.07) is 12.4. The number of carbonyl (C=O) groups excluding carboxylic acids is 1. The molecule has 0 spiro atoms. The van der Waals surface area contributed by atoms with Crippen molar-refractivity contribution in [3.63, 3.8) is 0 Å². The molecule has 3 unspecified atom stereocenters. The SMILES string of the molecule is Cc1cc(CC(NC(=O)N2CCC3CC2(N2CNc4ccccc4C2)O3)C(=O)O)ccc1Br. The molecule has 4 heterocycles. The van der Waals surface area contributed by atoms with Gasteiger partial charge >= 0.3 is 12.0 Å². The molecule has 3 saturated heterocycles. The van der Waals surface area contributed by atoms with Gasteiger partial charge in [0.15, 0.2) is 0 Å². The number of nitrogens with zero attached hydrogens (tertiary/aromatic N) is 2. The van der Waals surface area contributed by atoms with Gasteiger partial charge in [-0.2, -0.15) is 0 Å². The van der Waals surface area contributed by atoms with Crippen molar-refractivity contribution in [1.82, 2.24) is 15.1 Å². The van der Waals surface area contributed by atoms with Crippen molar-refractivity contribution < 1.29 is 19.4 Å². The minimum absolute atomic E-state index is 0.132. The van der Waals surface area contributed by atoms with Gasteiger partial charge in [-0.15, -0.1) is 0 Å². The minimum Gasteiger partial charge on any atom is -0.480 e. The van der Waals surface area contributed by atoms with Crippen molar-refractivity contribution in [3.8, 4) is 0 Å². The van der Waals surface area contributed by atoms with Crippen LogP contribution >= 0.6 is 15.9 Å². The smallest absolute Gasteiger partial charge is 0.326 e. The van der Waals surface area contributed by atoms with Crippen LogP contribution in [0.2, 0.25) is 0 Å². The summed E-state index contributed by atoms with van der Waals surface area (Å²) in [6.07, 6.45) is 1.80. The van der Waals surface area contributed by atoms with Crippen LogP contribution < -0.4 is 10.6 Å². The lowest BCUT2D eigenvalue weighted by Crippen LogP contribution is -2.77. The van der Waals surface area contributed by atoms with E-state index in [4.69, 9.17) is 4.74 Å². The van der Waals surface area contributed by atoms with E-state index in [1.54, 1.807) is 4.90 Å². The summed E-state index contributed by atoms with van der Waals surface area (Å²) in [5.41, 5.74) is 4.10. The van der Waals surface area contributed by atoms with Gasteiger partial charge in [-0.05, 0) is 42.2 Å². The van der Waals surface area contributed by atoms with E-state index in [-0.39, 0.29) is 12.5 Å². The highest BCUT2D eigenvalue weighted by Crippen LogP contribution is 2.46. The van der Waals surface area contributed by atoms with E-state index in [2.05, 4.69) is 37.5 Å². The van der Waals surface area contributed by atoms with Crippen molar-refractivity contribution in [3.05, 3.63) is 63.6 Å². The highest BCUT2D eigenvalue weighted by Gasteiger charge is 2.59. The number of nitrogens with one attached hydrogen (secondary N) is 2. The molecule has 8 nitrogen and oxygen atoms in total. The number of ether oxygens (including phenoxy) is 1. The van der Waals surface area contributed by atoms with Crippen molar-refractivity contribution in [1.29, 1.82) is 0 Å². The average Bonchev–Trinajstić information content (AvgIpc) is 2.79. The molecule has 6 rings (SSSR count). The van der Waals surface area contributed by atoms with Gasteiger partial charge in [0.2, 0.25) is 5.85 Å². The van der Waals surface area contributed by atoms with E-state index in [1.165, 1.54) is 0 Å². The summed E-state index contributed by atoms with van der Waals surface area (Å²) < 4.78 is 7.20. The molecule has 3 N–H and O–H groups in total. The van der Waals surface area contributed by atoms with Gasteiger partial charge in [-0.3, -0.25) is 4.90 Å². The lowest BCUT2D eigenvalue weighted by Gasteiger charge is -2.62. The first-order valence-electron chi connectivity index (χ1n) is 11.2. The van der Waals surface area contributed by atoms with Crippen molar-refractivity contribution >= 4 is 33.6 Å². The second-order valence-electron chi connectivity index (χ2n) is 8.95. The van der Waals surface area contributed by atoms with Gasteiger partial charge in [0.25, 0.3) is 0 Å². The summed E-state index contributed by atoms with van der Waals surface area (Å²) in [5.74, 6) is -1.92. The quantitative estimate of drug-likeness (QED) is 0.565. The Morgan fingerprint density at radius 2 is 2.12 bits per heavy atom. The van der Waals surface area contributed by atoms with Crippen molar-refractivity contribution in [2.45, 2.75) is 50.7 Å². The predicted octanol–water partition coefficient (Wildman–Crippen LogP) is 3.50. The third-order valence-electron chi connectivity index (χ3n) is 6.78. The number of halogens is 1. The van der Waals surface area contributed by atoms with Crippen LogP contribution in [0.5, 0.6) is 0 Å². The molecule has 0 aliphatic carbocycles. The average molecular weight is 515 g/mol. The molecule has 0 radical (unpaired) electrons. The number of urea groups is 1. The first-order chi connectivity index (χ1) is 15.9. The highest BCUT2D eigenvalue weighted by molar-refractivity contribution is 9.10. The van der Waals surface area contributed by atoms with Crippen LogP contribution in [-0.4, -0.2) is 58.1 Å². The number of fused-ring (bicyclic) bond motifs is 3. The largest absolute Gasteiger partial charge is 0.480 e. The summed E-state index contributed by atoms with van der Waals surface area (Å²) in [7, 11) is 0. The zero-order valence-electron chi connectivity index (χ0n) is 18.4. The van der Waals surface area contributed by atoms with Crippen LogP contribution in [0.1, 0.15) is 29.5 Å². The molecule has 33 heavy (non-hydrogen) atoms. The molecule has 2 aromatic rings. The van der Waals surface area contributed by atoms with E-state index in [1.807, 2.05) is 43.3 Å². The number of carboxylic acids is 1. The number of rotatable bonds is 5. The molecule has 174 valence electrons. The predicted molar refractivity (Wildman–Crippen MR) is 127 cm³/mol. The Labute approximate surface area is 201 Å². The maximum atomic E-state index is 13.4. The topological polar surface area (TPSA) is 94.1 Å². The number of carboxylic acid groups (broad SMARTS) is 1. The number of para-hydroxylation sites is 1. The third kappa shape index (κ3) is 4.09. The molecule has 3 atom stereocenters. The first kappa shape index (κ1) is 22.2. The number of aryl methyl sites for hydroxylation is 1. The lowest BCUT2D eigenvalue weighted by molar-refractivity contribution is -0.365. The van der Waals surface area contributed by atoms with Crippen LogP contribution in [-0.2, 0) is 22.5 Å². The molecule has 2 bridgehead atoms. The van der Waals surface area contributed by atoms with Gasteiger partial charge in [0, 0.05) is 36.1 Å². The van der Waals surface area contributed by atoms with Crippen LogP contribution in [0, 0.1) is 6.92 Å². The second kappa shape index (κ2) is 8.62. The second-order valence-corrected chi connectivity index (χ2v) is 9.80. The monoisotopic (exact) mass is 514 g/mol. The standard InChI is InChI=1S/C24H27BrN4O4/c1-15-10-16(6-7-19(15)25)11-21(22(30)31)27-23(32)29-9-8-18-12-24(29,33-18)28-13-17-4-2-3-5-20(17)26-14-28/h2-7,10,18,21,26H,8-9,11-14H2,1H3,(H,27,32)(H,30,31). The van der Waals surface area contributed by atoms with Crippen LogP contribution in [0.3, 0.4) is 0 Å². The molecular formula is C24H27BrN4O4. The Kier molecular flexibility index (Phi) is 5.80. The fourth-order valence-corrected chi connectivity index (χ4v) is 5.23. The normalized spacial score (nSPS) is 24.8. The van der Waals surface area contributed by atoms with Crippen LogP contribution in [0.4, 0.5) is 10.5 Å². The number of piperidine rings is 1. The van der Waals surface area contributed by atoms with E-state index < -0.39 is 23.9 Å². The lowest BCUT2D eigenvalue weighted by atomic mass is 9.93. The molecule has 2 aromatic carbocycles. The highest BCUT2D eigenvalue weighted by atomic mass is 79.9. The Morgan fingerprint density at radius 1 is 1.33 bits per heavy atom. The summed E-state index contributed by atoms with van der Waals surface area (Å²) in [6.45, 7) is 3.68. The number of amides is 2. The van der Waals surface area contributed by atoms with Gasteiger partial charge in [-0.25, -0.2) is 14.5 Å². The van der Waals surface area contributed by atoms with Crippen LogP contribution in [0.25, 0.3) is 0 Å². The Morgan fingerprint density at radius 3 is 2.88 bits per heavy atom. The molecule has 4 aliphatic rings. The van der Waals surface area contributed by atoms with Gasteiger partial charge in [0.05, 0.1) is 12.8 Å². The van der Waals surface area contributed by atoms with Crippen molar-refractivity contribution in [2.75, 3.05) is 18.5 Å². The minimum atomic E-state index is -1.06. The number of aliphatic carboxylic acids is 1. The number of benzene rings is 2. The molecular weight excluding hydrogens is 488 g/mol. The van der Waals surface area contributed by atoms with E-state index in [0.29, 0.717) is 26.2 Å².